The number of carbonyl (C=O) groups excluding carboxylic acids is 1. The Morgan fingerprint density at radius 1 is 1.56 bits per heavy atom. The lowest BCUT2D eigenvalue weighted by atomic mass is 9.82. The van der Waals surface area contributed by atoms with Crippen LogP contribution in [0.3, 0.4) is 0 Å². The van der Waals surface area contributed by atoms with Gasteiger partial charge >= 0.3 is 0 Å². The molecule has 1 saturated heterocycles. The van der Waals surface area contributed by atoms with Crippen molar-refractivity contribution in [2.45, 2.75) is 25.0 Å². The molecule has 2 aliphatic rings. The summed E-state index contributed by atoms with van der Waals surface area (Å²) in [6, 6.07) is -0.00579. The highest BCUT2D eigenvalue weighted by atomic mass is 32.2. The first-order chi connectivity index (χ1) is 7.66. The van der Waals surface area contributed by atoms with E-state index in [1.165, 1.54) is 0 Å². The molecule has 0 radical (unpaired) electrons. The molecule has 2 rings (SSSR count). The summed E-state index contributed by atoms with van der Waals surface area (Å²) >= 11 is 1.84. The van der Waals surface area contributed by atoms with E-state index in [1.807, 2.05) is 23.7 Å². The smallest absolute Gasteiger partial charge is 0.240 e. The van der Waals surface area contributed by atoms with E-state index in [2.05, 4.69) is 5.32 Å². The van der Waals surface area contributed by atoms with Crippen LogP contribution in [0.15, 0.2) is 0 Å². The number of hydrogen-bond acceptors (Lipinski definition) is 4. The molecule has 1 atom stereocenters. The quantitative estimate of drug-likeness (QED) is 0.729. The van der Waals surface area contributed by atoms with Gasteiger partial charge in [0.1, 0.15) is 0 Å². The maximum absolute atomic E-state index is 12.0. The summed E-state index contributed by atoms with van der Waals surface area (Å²) in [5.41, 5.74) is 0. The highest BCUT2D eigenvalue weighted by Crippen LogP contribution is 2.27. The van der Waals surface area contributed by atoms with Gasteiger partial charge in [0.15, 0.2) is 0 Å². The second kappa shape index (κ2) is 5.38. The summed E-state index contributed by atoms with van der Waals surface area (Å²) in [4.78, 5) is 13.9. The highest BCUT2D eigenvalue weighted by Gasteiger charge is 2.31. The van der Waals surface area contributed by atoms with Gasteiger partial charge in [-0.1, -0.05) is 0 Å². The van der Waals surface area contributed by atoms with Crippen LogP contribution < -0.4 is 5.32 Å². The second-order valence-electron chi connectivity index (χ2n) is 4.79. The molecule has 92 valence electrons. The van der Waals surface area contributed by atoms with E-state index in [1.54, 1.807) is 0 Å². The van der Waals surface area contributed by atoms with Gasteiger partial charge in [-0.3, -0.25) is 4.79 Å². The fraction of sp³-hybridized carbons (Fsp3) is 0.909. The molecular weight excluding hydrogens is 224 g/mol. The van der Waals surface area contributed by atoms with E-state index in [9.17, 15) is 9.90 Å². The third kappa shape index (κ3) is 2.90. The van der Waals surface area contributed by atoms with E-state index >= 15 is 0 Å². The van der Waals surface area contributed by atoms with Crippen LogP contribution in [0.2, 0.25) is 0 Å². The molecule has 0 aromatic carbocycles. The average Bonchev–Trinajstić information content (AvgIpc) is 2.27. The molecule has 1 heterocycles. The predicted molar refractivity (Wildman–Crippen MR) is 65.5 cm³/mol. The van der Waals surface area contributed by atoms with Crippen LogP contribution in [0.1, 0.15) is 12.8 Å². The van der Waals surface area contributed by atoms with Crippen LogP contribution in [0.25, 0.3) is 0 Å². The first-order valence-corrected chi connectivity index (χ1v) is 7.06. The van der Waals surface area contributed by atoms with Crippen molar-refractivity contribution in [3.63, 3.8) is 0 Å². The molecule has 4 nitrogen and oxygen atoms in total. The molecule has 0 aromatic heterocycles. The molecule has 1 saturated carbocycles. The fourth-order valence-electron chi connectivity index (χ4n) is 2.32. The van der Waals surface area contributed by atoms with Gasteiger partial charge in [-0.25, -0.2) is 0 Å². The van der Waals surface area contributed by atoms with Crippen LogP contribution in [0.5, 0.6) is 0 Å². The summed E-state index contributed by atoms with van der Waals surface area (Å²) in [6.07, 6.45) is 1.58. The van der Waals surface area contributed by atoms with Gasteiger partial charge in [0.25, 0.3) is 0 Å². The number of thioether (sulfide) groups is 1. The first-order valence-electron chi connectivity index (χ1n) is 5.91. The maximum Gasteiger partial charge on any atom is 0.240 e. The minimum Gasteiger partial charge on any atom is -0.393 e. The number of rotatable bonds is 3. The zero-order valence-electron chi connectivity index (χ0n) is 9.69. The van der Waals surface area contributed by atoms with Crippen molar-refractivity contribution in [1.82, 2.24) is 10.2 Å². The number of nitrogens with zero attached hydrogens (tertiary/aromatic N) is 1. The van der Waals surface area contributed by atoms with E-state index in [0.29, 0.717) is 5.92 Å². The normalized spacial score (nSPS) is 34.2. The molecule has 1 aliphatic heterocycles. The van der Waals surface area contributed by atoms with E-state index < -0.39 is 0 Å². The van der Waals surface area contributed by atoms with Gasteiger partial charge in [0.2, 0.25) is 5.91 Å². The first kappa shape index (κ1) is 12.2. The van der Waals surface area contributed by atoms with E-state index in [4.69, 9.17) is 0 Å². The molecule has 16 heavy (non-hydrogen) atoms. The Morgan fingerprint density at radius 2 is 2.31 bits per heavy atom. The van der Waals surface area contributed by atoms with Gasteiger partial charge in [-0.2, -0.15) is 11.8 Å². The number of likely N-dealkylation sites (N-methyl/N-ethyl adjacent to an activating group) is 1. The molecule has 1 aliphatic carbocycles. The third-order valence-corrected chi connectivity index (χ3v) is 4.40. The largest absolute Gasteiger partial charge is 0.393 e. The lowest BCUT2D eigenvalue weighted by Gasteiger charge is -2.36. The molecule has 2 fully saturated rings. The van der Waals surface area contributed by atoms with E-state index in [-0.39, 0.29) is 18.1 Å². The highest BCUT2D eigenvalue weighted by molar-refractivity contribution is 7.99. The molecular formula is C11H20N2O2S. The minimum atomic E-state index is -0.128. The molecule has 0 aromatic rings. The van der Waals surface area contributed by atoms with Crippen molar-refractivity contribution in [2.75, 3.05) is 31.6 Å². The average molecular weight is 244 g/mol. The maximum atomic E-state index is 12.0. The van der Waals surface area contributed by atoms with Crippen molar-refractivity contribution in [3.8, 4) is 0 Å². The Kier molecular flexibility index (Phi) is 4.10. The van der Waals surface area contributed by atoms with Crippen LogP contribution in [0.4, 0.5) is 0 Å². The molecule has 2 N–H and O–H groups in total. The van der Waals surface area contributed by atoms with E-state index in [0.717, 1.165) is 37.4 Å². The lowest BCUT2D eigenvalue weighted by molar-refractivity contribution is -0.133. The molecule has 0 spiro atoms. The minimum absolute atomic E-state index is 0.00579. The van der Waals surface area contributed by atoms with Gasteiger partial charge < -0.3 is 15.3 Å². The van der Waals surface area contributed by atoms with Gasteiger partial charge in [-0.15, -0.1) is 0 Å². The summed E-state index contributed by atoms with van der Waals surface area (Å²) in [6.45, 7) is 1.72. The van der Waals surface area contributed by atoms with Crippen LogP contribution in [0, 0.1) is 5.92 Å². The van der Waals surface area contributed by atoms with Gasteiger partial charge in [0, 0.05) is 31.6 Å². The number of hydrogen-bond donors (Lipinski definition) is 2. The van der Waals surface area contributed by atoms with Crippen molar-refractivity contribution < 1.29 is 9.90 Å². The van der Waals surface area contributed by atoms with Crippen molar-refractivity contribution in [3.05, 3.63) is 0 Å². The topological polar surface area (TPSA) is 52.6 Å². The lowest BCUT2D eigenvalue weighted by Crippen LogP contribution is -2.51. The molecule has 0 bridgehead atoms. The summed E-state index contributed by atoms with van der Waals surface area (Å²) in [7, 11) is 1.87. The number of aliphatic hydroxyl groups is 1. The summed E-state index contributed by atoms with van der Waals surface area (Å²) in [5, 5.41) is 12.5. The van der Waals surface area contributed by atoms with Crippen molar-refractivity contribution in [2.24, 2.45) is 5.92 Å². The fourth-order valence-corrected chi connectivity index (χ4v) is 3.24. The summed E-state index contributed by atoms with van der Waals surface area (Å²) < 4.78 is 0. The Hall–Kier alpha value is -0.260. The molecule has 5 heteroatoms. The monoisotopic (exact) mass is 244 g/mol. The molecule has 1 amide bonds. The number of aliphatic hydroxyl groups excluding tert-OH is 1. The third-order valence-electron chi connectivity index (χ3n) is 3.34. The van der Waals surface area contributed by atoms with Crippen LogP contribution in [-0.2, 0) is 4.79 Å². The SMILES string of the molecule is CN(CC1CC(O)C1)C(=O)C1CSCCN1. The van der Waals surface area contributed by atoms with Gasteiger partial charge in [0.05, 0.1) is 12.1 Å². The zero-order valence-corrected chi connectivity index (χ0v) is 10.5. The number of carbonyl (C=O) groups is 1. The van der Waals surface area contributed by atoms with Crippen molar-refractivity contribution in [1.29, 1.82) is 0 Å². The van der Waals surface area contributed by atoms with Crippen molar-refractivity contribution >= 4 is 17.7 Å². The standard InChI is InChI=1S/C11H20N2O2S/c1-13(6-8-4-9(14)5-8)11(15)10-7-16-3-2-12-10/h8-10,12,14H,2-7H2,1H3. The zero-order chi connectivity index (χ0) is 11.5. The number of nitrogens with one attached hydrogen (secondary N) is 1. The Labute approximate surface area is 101 Å². The Bertz CT molecular complexity index is 250. The number of amides is 1. The second-order valence-corrected chi connectivity index (χ2v) is 5.94. The summed E-state index contributed by atoms with van der Waals surface area (Å²) in [5.74, 6) is 2.69. The Balaban J connectivity index is 1.74. The van der Waals surface area contributed by atoms with Gasteiger partial charge in [-0.05, 0) is 18.8 Å². The van der Waals surface area contributed by atoms with Crippen LogP contribution >= 0.6 is 11.8 Å². The van der Waals surface area contributed by atoms with Crippen LogP contribution in [-0.4, -0.2) is 59.7 Å². The Morgan fingerprint density at radius 3 is 2.88 bits per heavy atom. The predicted octanol–water partition coefficient (Wildman–Crippen LogP) is -0.0793. The molecule has 1 unspecified atom stereocenters.